The first-order valence-corrected chi connectivity index (χ1v) is 7.72. The van der Waals surface area contributed by atoms with Crippen molar-refractivity contribution in [3.8, 4) is 5.75 Å². The lowest BCUT2D eigenvalue weighted by Gasteiger charge is -2.30. The highest BCUT2D eigenvalue weighted by atomic mass is 79.9. The molecule has 0 radical (unpaired) electrons. The molecule has 0 atom stereocenters. The molecule has 0 saturated heterocycles. The van der Waals surface area contributed by atoms with Gasteiger partial charge in [-0.1, -0.05) is 57.9 Å². The van der Waals surface area contributed by atoms with Crippen molar-refractivity contribution in [1.82, 2.24) is 0 Å². The van der Waals surface area contributed by atoms with Gasteiger partial charge in [0, 0.05) is 10.5 Å². The Morgan fingerprint density at radius 3 is 2.43 bits per heavy atom. The Hall–Kier alpha value is -1.87. The maximum atomic E-state index is 11.8. The van der Waals surface area contributed by atoms with Gasteiger partial charge in [-0.2, -0.15) is 0 Å². The van der Waals surface area contributed by atoms with Crippen LogP contribution in [-0.4, -0.2) is 5.97 Å². The number of benzene rings is 2. The zero-order valence-electron chi connectivity index (χ0n) is 11.5. The minimum atomic E-state index is -0.290. The van der Waals surface area contributed by atoms with Crippen LogP contribution in [0, 0.1) is 0 Å². The lowest BCUT2D eigenvalue weighted by molar-refractivity contribution is -0.129. The van der Waals surface area contributed by atoms with E-state index in [0.29, 0.717) is 11.7 Å². The van der Waals surface area contributed by atoms with Crippen LogP contribution < -0.4 is 4.74 Å². The van der Waals surface area contributed by atoms with Crippen molar-refractivity contribution in [1.29, 1.82) is 0 Å². The summed E-state index contributed by atoms with van der Waals surface area (Å²) in [7, 11) is 0. The normalized spacial score (nSPS) is 17.0. The molecule has 106 valence electrons. The first-order chi connectivity index (χ1) is 10.2. The highest BCUT2D eigenvalue weighted by Gasteiger charge is 2.26. The van der Waals surface area contributed by atoms with Crippen LogP contribution in [0.5, 0.6) is 5.75 Å². The number of hydrogen-bond donors (Lipinski definition) is 0. The van der Waals surface area contributed by atoms with Crippen LogP contribution in [0.15, 0.2) is 70.7 Å². The number of carbonyl (C=O) groups is 1. The van der Waals surface area contributed by atoms with Crippen molar-refractivity contribution in [3.05, 3.63) is 76.3 Å². The molecular formula is C18H15BrO2. The molecule has 2 nitrogen and oxygen atoms in total. The van der Waals surface area contributed by atoms with Crippen LogP contribution in [0.3, 0.4) is 0 Å². The second-order valence-corrected chi connectivity index (χ2v) is 6.02. The van der Waals surface area contributed by atoms with E-state index in [0.717, 1.165) is 22.9 Å². The second kappa shape index (κ2) is 6.27. The summed E-state index contributed by atoms with van der Waals surface area (Å²) < 4.78 is 6.40. The molecule has 21 heavy (non-hydrogen) atoms. The largest absolute Gasteiger partial charge is 0.423 e. The van der Waals surface area contributed by atoms with Crippen molar-refractivity contribution in [2.24, 2.45) is 0 Å². The van der Waals surface area contributed by atoms with E-state index in [1.54, 1.807) is 18.2 Å². The number of halogens is 1. The van der Waals surface area contributed by atoms with Gasteiger partial charge in [-0.3, -0.25) is 0 Å². The van der Waals surface area contributed by atoms with E-state index in [9.17, 15) is 4.79 Å². The first kappa shape index (κ1) is 14.1. The Balaban J connectivity index is 1.58. The van der Waals surface area contributed by atoms with Gasteiger partial charge in [-0.05, 0) is 42.5 Å². The standard InChI is InChI=1S/C18H15BrO2/c19-17-9-5-4-8-16(17)14-10-13(11-14)12-18(20)21-15-6-2-1-3-7-15/h1-9,12,14H,10-11H2. The molecule has 1 fully saturated rings. The molecule has 3 rings (SSSR count). The fourth-order valence-corrected chi connectivity index (χ4v) is 3.13. The summed E-state index contributed by atoms with van der Waals surface area (Å²) in [6, 6.07) is 17.4. The number of esters is 1. The van der Waals surface area contributed by atoms with E-state index >= 15 is 0 Å². The minimum absolute atomic E-state index is 0.290. The van der Waals surface area contributed by atoms with Gasteiger partial charge in [0.2, 0.25) is 0 Å². The summed E-state index contributed by atoms with van der Waals surface area (Å²) in [4.78, 5) is 11.8. The smallest absolute Gasteiger partial charge is 0.336 e. The quantitative estimate of drug-likeness (QED) is 0.452. The van der Waals surface area contributed by atoms with E-state index < -0.39 is 0 Å². The van der Waals surface area contributed by atoms with Crippen molar-refractivity contribution in [2.45, 2.75) is 18.8 Å². The van der Waals surface area contributed by atoms with Crippen LogP contribution in [0.25, 0.3) is 0 Å². The van der Waals surface area contributed by atoms with Crippen LogP contribution in [0.1, 0.15) is 24.3 Å². The molecule has 0 unspecified atom stereocenters. The number of allylic oxidation sites excluding steroid dienone is 1. The Bertz CT molecular complexity index is 669. The highest BCUT2D eigenvalue weighted by Crippen LogP contribution is 2.43. The zero-order valence-corrected chi connectivity index (χ0v) is 13.0. The Kier molecular flexibility index (Phi) is 4.20. The molecular weight excluding hydrogens is 328 g/mol. The van der Waals surface area contributed by atoms with Gasteiger partial charge in [-0.25, -0.2) is 4.79 Å². The van der Waals surface area contributed by atoms with Gasteiger partial charge in [0.1, 0.15) is 5.75 Å². The van der Waals surface area contributed by atoms with Crippen LogP contribution >= 0.6 is 15.9 Å². The number of hydrogen-bond acceptors (Lipinski definition) is 2. The molecule has 0 aliphatic heterocycles. The number of rotatable bonds is 3. The summed E-state index contributed by atoms with van der Waals surface area (Å²) >= 11 is 3.58. The monoisotopic (exact) mass is 342 g/mol. The fraction of sp³-hybridized carbons (Fsp3) is 0.167. The number of carbonyl (C=O) groups excluding carboxylic acids is 1. The van der Waals surface area contributed by atoms with E-state index in [4.69, 9.17) is 4.74 Å². The summed E-state index contributed by atoms with van der Waals surface area (Å²) in [5, 5.41) is 0. The topological polar surface area (TPSA) is 26.3 Å². The van der Waals surface area contributed by atoms with Crippen LogP contribution in [0.2, 0.25) is 0 Å². The average molecular weight is 343 g/mol. The maximum Gasteiger partial charge on any atom is 0.336 e. The summed E-state index contributed by atoms with van der Waals surface area (Å²) in [6.07, 6.45) is 3.47. The van der Waals surface area contributed by atoms with E-state index in [2.05, 4.69) is 28.1 Å². The summed E-state index contributed by atoms with van der Waals surface area (Å²) in [6.45, 7) is 0. The molecule has 1 aliphatic carbocycles. The zero-order chi connectivity index (χ0) is 14.7. The van der Waals surface area contributed by atoms with Gasteiger partial charge in [-0.15, -0.1) is 0 Å². The molecule has 0 amide bonds. The van der Waals surface area contributed by atoms with Gasteiger partial charge >= 0.3 is 5.97 Å². The van der Waals surface area contributed by atoms with Crippen LogP contribution in [-0.2, 0) is 4.79 Å². The summed E-state index contributed by atoms with van der Waals surface area (Å²) in [5.74, 6) is 0.791. The molecule has 2 aromatic rings. The van der Waals surface area contributed by atoms with Gasteiger partial charge < -0.3 is 4.74 Å². The predicted octanol–water partition coefficient (Wildman–Crippen LogP) is 4.86. The predicted molar refractivity (Wildman–Crippen MR) is 86.3 cm³/mol. The van der Waals surface area contributed by atoms with Crippen molar-refractivity contribution in [2.75, 3.05) is 0 Å². The molecule has 1 aliphatic rings. The molecule has 0 aromatic heterocycles. The molecule has 0 heterocycles. The van der Waals surface area contributed by atoms with Gasteiger partial charge in [0.05, 0.1) is 0 Å². The first-order valence-electron chi connectivity index (χ1n) is 6.93. The molecule has 1 saturated carbocycles. The van der Waals surface area contributed by atoms with Crippen molar-refractivity contribution in [3.63, 3.8) is 0 Å². The second-order valence-electron chi connectivity index (χ2n) is 5.16. The highest BCUT2D eigenvalue weighted by molar-refractivity contribution is 9.10. The third-order valence-corrected chi connectivity index (χ3v) is 4.37. The third-order valence-electron chi connectivity index (χ3n) is 3.65. The number of para-hydroxylation sites is 1. The average Bonchev–Trinajstić information content (AvgIpc) is 2.45. The molecule has 0 spiro atoms. The van der Waals surface area contributed by atoms with E-state index in [1.165, 1.54) is 5.56 Å². The Morgan fingerprint density at radius 1 is 1.05 bits per heavy atom. The van der Waals surface area contributed by atoms with E-state index in [1.807, 2.05) is 30.3 Å². The third kappa shape index (κ3) is 3.42. The van der Waals surface area contributed by atoms with Crippen molar-refractivity contribution >= 4 is 21.9 Å². The fourth-order valence-electron chi connectivity index (χ4n) is 2.52. The van der Waals surface area contributed by atoms with Crippen molar-refractivity contribution < 1.29 is 9.53 Å². The Morgan fingerprint density at radius 2 is 1.71 bits per heavy atom. The van der Waals surface area contributed by atoms with Crippen LogP contribution in [0.4, 0.5) is 0 Å². The van der Waals surface area contributed by atoms with Gasteiger partial charge in [0.25, 0.3) is 0 Å². The van der Waals surface area contributed by atoms with E-state index in [-0.39, 0.29) is 5.97 Å². The molecule has 2 aromatic carbocycles. The van der Waals surface area contributed by atoms with Gasteiger partial charge in [0.15, 0.2) is 0 Å². The molecule has 3 heteroatoms. The minimum Gasteiger partial charge on any atom is -0.423 e. The summed E-state index contributed by atoms with van der Waals surface area (Å²) in [5.41, 5.74) is 2.46. The molecule has 0 N–H and O–H groups in total. The molecule has 0 bridgehead atoms. The maximum absolute atomic E-state index is 11.8. The number of ether oxygens (including phenoxy) is 1. The SMILES string of the molecule is O=C(C=C1CC(c2ccccc2Br)C1)Oc1ccccc1. The lowest BCUT2D eigenvalue weighted by Crippen LogP contribution is -2.16. The Labute approximate surface area is 132 Å². The lowest BCUT2D eigenvalue weighted by atomic mass is 9.75.